The second-order valence-corrected chi connectivity index (χ2v) is 7.45. The SMILES string of the molecule is CC(C1CC1)N(C)C(=O)c1cc(Br)c(Br)s1. The highest BCUT2D eigenvalue weighted by atomic mass is 79.9. The number of amides is 1. The van der Waals surface area contributed by atoms with E-state index in [4.69, 9.17) is 0 Å². The molecule has 1 fully saturated rings. The summed E-state index contributed by atoms with van der Waals surface area (Å²) in [5.41, 5.74) is 0. The van der Waals surface area contributed by atoms with E-state index in [9.17, 15) is 4.79 Å². The highest BCUT2D eigenvalue weighted by Gasteiger charge is 2.33. The first kappa shape index (κ1) is 12.6. The Labute approximate surface area is 116 Å². The van der Waals surface area contributed by atoms with Gasteiger partial charge in [-0.05, 0) is 63.6 Å². The summed E-state index contributed by atoms with van der Waals surface area (Å²) in [6, 6.07) is 2.24. The van der Waals surface area contributed by atoms with Crippen LogP contribution in [0.15, 0.2) is 14.3 Å². The Bertz CT molecular complexity index is 395. The van der Waals surface area contributed by atoms with Gasteiger partial charge in [0.05, 0.1) is 8.66 Å². The molecule has 88 valence electrons. The topological polar surface area (TPSA) is 20.3 Å². The minimum absolute atomic E-state index is 0.121. The van der Waals surface area contributed by atoms with Gasteiger partial charge >= 0.3 is 0 Å². The molecule has 0 spiro atoms. The molecule has 1 aromatic heterocycles. The van der Waals surface area contributed by atoms with Gasteiger partial charge in [0.2, 0.25) is 0 Å². The van der Waals surface area contributed by atoms with Crippen LogP contribution in [0.1, 0.15) is 29.4 Å². The number of hydrogen-bond donors (Lipinski definition) is 0. The van der Waals surface area contributed by atoms with Crippen molar-refractivity contribution < 1.29 is 4.79 Å². The predicted molar refractivity (Wildman–Crippen MR) is 74.0 cm³/mol. The Kier molecular flexibility index (Phi) is 3.76. The van der Waals surface area contributed by atoms with Crippen molar-refractivity contribution >= 4 is 49.1 Å². The van der Waals surface area contributed by atoms with Crippen molar-refractivity contribution in [2.75, 3.05) is 7.05 Å². The Morgan fingerprint density at radius 3 is 2.62 bits per heavy atom. The van der Waals surface area contributed by atoms with Crippen LogP contribution < -0.4 is 0 Å². The zero-order chi connectivity index (χ0) is 11.9. The zero-order valence-corrected chi connectivity index (χ0v) is 13.2. The number of nitrogens with zero attached hydrogens (tertiary/aromatic N) is 1. The van der Waals surface area contributed by atoms with Crippen molar-refractivity contribution in [3.63, 3.8) is 0 Å². The first-order valence-electron chi connectivity index (χ1n) is 5.22. The molecule has 0 saturated heterocycles. The summed E-state index contributed by atoms with van der Waals surface area (Å²) < 4.78 is 1.93. The smallest absolute Gasteiger partial charge is 0.263 e. The van der Waals surface area contributed by atoms with Gasteiger partial charge in [-0.3, -0.25) is 4.79 Å². The average molecular weight is 367 g/mol. The van der Waals surface area contributed by atoms with Crippen molar-refractivity contribution in [2.45, 2.75) is 25.8 Å². The molecule has 1 heterocycles. The third-order valence-electron chi connectivity index (χ3n) is 3.09. The molecule has 1 unspecified atom stereocenters. The van der Waals surface area contributed by atoms with E-state index in [2.05, 4.69) is 38.8 Å². The van der Waals surface area contributed by atoms with E-state index in [0.717, 1.165) is 13.1 Å². The molecule has 16 heavy (non-hydrogen) atoms. The van der Waals surface area contributed by atoms with Gasteiger partial charge in [-0.2, -0.15) is 0 Å². The normalized spacial score (nSPS) is 17.2. The fourth-order valence-electron chi connectivity index (χ4n) is 1.71. The van der Waals surface area contributed by atoms with Crippen molar-refractivity contribution in [1.82, 2.24) is 4.90 Å². The highest BCUT2D eigenvalue weighted by Crippen LogP contribution is 2.37. The Morgan fingerprint density at radius 1 is 1.56 bits per heavy atom. The van der Waals surface area contributed by atoms with E-state index < -0.39 is 0 Å². The fraction of sp³-hybridized carbons (Fsp3) is 0.545. The largest absolute Gasteiger partial charge is 0.338 e. The summed E-state index contributed by atoms with van der Waals surface area (Å²) in [7, 11) is 1.90. The van der Waals surface area contributed by atoms with E-state index in [1.165, 1.54) is 24.2 Å². The van der Waals surface area contributed by atoms with Crippen LogP contribution in [-0.4, -0.2) is 23.9 Å². The van der Waals surface area contributed by atoms with Crippen LogP contribution in [0.2, 0.25) is 0 Å². The molecular formula is C11H13Br2NOS. The molecule has 2 nitrogen and oxygen atoms in total. The molecule has 0 N–H and O–H groups in total. The molecule has 5 heteroatoms. The van der Waals surface area contributed by atoms with Crippen molar-refractivity contribution in [3.8, 4) is 0 Å². The lowest BCUT2D eigenvalue weighted by Crippen LogP contribution is -2.35. The number of rotatable bonds is 3. The van der Waals surface area contributed by atoms with E-state index in [1.54, 1.807) is 0 Å². The van der Waals surface area contributed by atoms with E-state index in [-0.39, 0.29) is 5.91 Å². The number of thiophene rings is 1. The second kappa shape index (κ2) is 4.78. The predicted octanol–water partition coefficient (Wildman–Crippen LogP) is 4.14. The third kappa shape index (κ3) is 2.51. The molecule has 1 saturated carbocycles. The molecule has 1 aliphatic rings. The molecular weight excluding hydrogens is 354 g/mol. The Morgan fingerprint density at radius 2 is 2.19 bits per heavy atom. The second-order valence-electron chi connectivity index (χ2n) is 4.23. The minimum atomic E-state index is 0.121. The van der Waals surface area contributed by atoms with Crippen LogP contribution in [0, 0.1) is 5.92 Å². The number of hydrogen-bond acceptors (Lipinski definition) is 2. The van der Waals surface area contributed by atoms with Gasteiger partial charge in [0.25, 0.3) is 5.91 Å². The summed E-state index contributed by atoms with van der Waals surface area (Å²) in [4.78, 5) is 14.8. The lowest BCUT2D eigenvalue weighted by Gasteiger charge is -2.24. The maximum Gasteiger partial charge on any atom is 0.263 e. The molecule has 1 aliphatic carbocycles. The molecule has 0 aromatic carbocycles. The van der Waals surface area contributed by atoms with Gasteiger partial charge in [-0.15, -0.1) is 11.3 Å². The quantitative estimate of drug-likeness (QED) is 0.787. The molecule has 1 atom stereocenters. The van der Waals surface area contributed by atoms with Crippen LogP contribution in [0.5, 0.6) is 0 Å². The summed E-state index contributed by atoms with van der Waals surface area (Å²) in [6.45, 7) is 2.13. The van der Waals surface area contributed by atoms with Crippen LogP contribution in [0.3, 0.4) is 0 Å². The minimum Gasteiger partial charge on any atom is -0.338 e. The van der Waals surface area contributed by atoms with Gasteiger partial charge in [-0.25, -0.2) is 0 Å². The zero-order valence-electron chi connectivity index (χ0n) is 9.17. The standard InChI is InChI=1S/C11H13Br2NOS/c1-6(7-3-4-7)14(2)11(15)9-5-8(12)10(13)16-9/h5-7H,3-4H2,1-2H3. The van der Waals surface area contributed by atoms with Crippen molar-refractivity contribution in [1.29, 1.82) is 0 Å². The first-order valence-corrected chi connectivity index (χ1v) is 7.63. The maximum absolute atomic E-state index is 12.2. The van der Waals surface area contributed by atoms with E-state index >= 15 is 0 Å². The summed E-state index contributed by atoms with van der Waals surface area (Å²) >= 11 is 8.30. The lowest BCUT2D eigenvalue weighted by molar-refractivity contribution is 0.0732. The van der Waals surface area contributed by atoms with E-state index in [1.807, 2.05) is 18.0 Å². The summed E-state index contributed by atoms with van der Waals surface area (Å²) in [6.07, 6.45) is 2.52. The van der Waals surface area contributed by atoms with Gasteiger partial charge < -0.3 is 4.90 Å². The number of carbonyl (C=O) groups excluding carboxylic acids is 1. The van der Waals surface area contributed by atoms with Gasteiger partial charge in [0.1, 0.15) is 0 Å². The third-order valence-corrected chi connectivity index (χ3v) is 6.34. The van der Waals surface area contributed by atoms with Gasteiger partial charge in [-0.1, -0.05) is 0 Å². The number of carbonyl (C=O) groups is 1. The van der Waals surface area contributed by atoms with Crippen molar-refractivity contribution in [3.05, 3.63) is 19.2 Å². The lowest BCUT2D eigenvalue weighted by atomic mass is 10.2. The molecule has 1 aromatic rings. The average Bonchev–Trinajstić information content (AvgIpc) is 3.04. The van der Waals surface area contributed by atoms with Crippen LogP contribution in [0.25, 0.3) is 0 Å². The Hall–Kier alpha value is 0.130. The highest BCUT2D eigenvalue weighted by molar-refractivity contribution is 9.13. The molecule has 0 radical (unpaired) electrons. The first-order chi connectivity index (χ1) is 7.50. The maximum atomic E-state index is 12.2. The molecule has 2 rings (SSSR count). The summed E-state index contributed by atoms with van der Waals surface area (Å²) in [5, 5.41) is 0. The van der Waals surface area contributed by atoms with Crippen molar-refractivity contribution in [2.24, 2.45) is 5.92 Å². The Balaban J connectivity index is 2.11. The fourth-order valence-corrected chi connectivity index (χ4v) is 3.72. The van der Waals surface area contributed by atoms with Crippen LogP contribution in [0.4, 0.5) is 0 Å². The van der Waals surface area contributed by atoms with Gasteiger partial charge in [0, 0.05) is 17.6 Å². The summed E-state index contributed by atoms with van der Waals surface area (Å²) in [5.74, 6) is 0.830. The molecule has 1 amide bonds. The van der Waals surface area contributed by atoms with E-state index in [0.29, 0.717) is 12.0 Å². The number of halogens is 2. The van der Waals surface area contributed by atoms with Crippen LogP contribution >= 0.6 is 43.2 Å². The van der Waals surface area contributed by atoms with Gasteiger partial charge in [0.15, 0.2) is 0 Å². The van der Waals surface area contributed by atoms with Crippen LogP contribution in [-0.2, 0) is 0 Å². The monoisotopic (exact) mass is 365 g/mol. The molecule has 0 bridgehead atoms. The molecule has 0 aliphatic heterocycles.